The molecule has 0 amide bonds. The van der Waals surface area contributed by atoms with Crippen LogP contribution in [0.3, 0.4) is 0 Å². The van der Waals surface area contributed by atoms with E-state index in [0.29, 0.717) is 0 Å². The zero-order chi connectivity index (χ0) is 22.4. The number of rotatable bonds is 6. The fourth-order valence-electron chi connectivity index (χ4n) is 3.29. The molecule has 0 radical (unpaired) electrons. The van der Waals surface area contributed by atoms with Crippen LogP contribution in [0.1, 0.15) is 22.5 Å². The lowest BCUT2D eigenvalue weighted by Crippen LogP contribution is -2.05. The molecule has 166 valence electrons. The minimum absolute atomic E-state index is 0.843. The first-order valence-corrected chi connectivity index (χ1v) is 12.1. The first-order valence-electron chi connectivity index (χ1n) is 9.52. The second-order valence-corrected chi connectivity index (χ2v) is 8.94. The predicted molar refractivity (Wildman–Crippen MR) is 119 cm³/mol. The number of hydrogen-bond acceptors (Lipinski definition) is 5. The summed E-state index contributed by atoms with van der Waals surface area (Å²) in [6.07, 6.45) is 1.74. The van der Waals surface area contributed by atoms with E-state index < -0.39 is 7.82 Å². The van der Waals surface area contributed by atoms with Gasteiger partial charge in [-0.2, -0.15) is 0 Å². The van der Waals surface area contributed by atoms with Crippen LogP contribution in [-0.4, -0.2) is 44.2 Å². The summed E-state index contributed by atoms with van der Waals surface area (Å²) in [5, 5.41) is 1.15. The normalized spacial score (nSPS) is 12.7. The molecule has 0 saturated heterocycles. The van der Waals surface area contributed by atoms with Crippen molar-refractivity contribution in [1.29, 1.82) is 0 Å². The highest BCUT2D eigenvalue weighted by Crippen LogP contribution is 2.31. The van der Waals surface area contributed by atoms with E-state index in [0.717, 1.165) is 41.8 Å². The van der Waals surface area contributed by atoms with Crippen molar-refractivity contribution in [3.05, 3.63) is 71.0 Å². The molecule has 4 rings (SSSR count). The van der Waals surface area contributed by atoms with Gasteiger partial charge in [-0.25, -0.2) is 9.55 Å². The smallest absolute Gasteiger partial charge is 0.466 e. The molecule has 3 N–H and O–H groups in total. The third-order valence-electron chi connectivity index (χ3n) is 4.73. The highest BCUT2D eigenvalue weighted by atomic mass is 32.2. The van der Waals surface area contributed by atoms with Gasteiger partial charge in [0.25, 0.3) is 0 Å². The standard InChI is InChI=1S/C21H22N2O2S.H3O4P/c1-24-17-7-3-15(4-8-17)13-19-20(23-11-12-26-21(23)22-19)14-16-5-9-18(25-2)10-6-16;1-5(2,3)4/h3-10H,11-14H2,1-2H3;(H3,1,2,3,4). The molecule has 2 heterocycles. The van der Waals surface area contributed by atoms with E-state index in [1.165, 1.54) is 22.5 Å². The molecule has 0 fully saturated rings. The number of methoxy groups -OCH3 is 2. The summed E-state index contributed by atoms with van der Waals surface area (Å²) in [5.41, 5.74) is 5.03. The monoisotopic (exact) mass is 464 g/mol. The number of aromatic nitrogens is 2. The van der Waals surface area contributed by atoms with Crippen LogP contribution in [0.2, 0.25) is 0 Å². The van der Waals surface area contributed by atoms with Gasteiger partial charge in [0.2, 0.25) is 0 Å². The van der Waals surface area contributed by atoms with Crippen LogP contribution in [0.4, 0.5) is 0 Å². The van der Waals surface area contributed by atoms with Gasteiger partial charge in [0.05, 0.1) is 19.9 Å². The zero-order valence-corrected chi connectivity index (χ0v) is 19.0. The highest BCUT2D eigenvalue weighted by Gasteiger charge is 2.22. The van der Waals surface area contributed by atoms with Gasteiger partial charge in [-0.1, -0.05) is 36.0 Å². The fourth-order valence-corrected chi connectivity index (χ4v) is 4.28. The summed E-state index contributed by atoms with van der Waals surface area (Å²) < 4.78 is 21.8. The molecule has 1 aliphatic rings. The molecule has 10 heteroatoms. The van der Waals surface area contributed by atoms with E-state index in [2.05, 4.69) is 28.8 Å². The molecule has 0 unspecified atom stereocenters. The van der Waals surface area contributed by atoms with E-state index in [1.807, 2.05) is 36.0 Å². The Labute approximate surface area is 185 Å². The van der Waals surface area contributed by atoms with E-state index in [1.54, 1.807) is 14.2 Å². The summed E-state index contributed by atoms with van der Waals surface area (Å²) in [6.45, 7) is 1.04. The number of fused-ring (bicyclic) bond motifs is 1. The van der Waals surface area contributed by atoms with Crippen LogP contribution in [0.5, 0.6) is 11.5 Å². The lowest BCUT2D eigenvalue weighted by molar-refractivity contribution is 0.275. The maximum absolute atomic E-state index is 8.88. The molecule has 0 spiro atoms. The second-order valence-electron chi connectivity index (χ2n) is 6.85. The van der Waals surface area contributed by atoms with Gasteiger partial charge >= 0.3 is 7.82 Å². The Bertz CT molecular complexity index is 1040. The van der Waals surface area contributed by atoms with Gasteiger partial charge in [-0.15, -0.1) is 0 Å². The fraction of sp³-hybridized carbons (Fsp3) is 0.286. The molecule has 0 bridgehead atoms. The van der Waals surface area contributed by atoms with E-state index >= 15 is 0 Å². The molecule has 8 nitrogen and oxygen atoms in total. The van der Waals surface area contributed by atoms with E-state index in [4.69, 9.17) is 33.7 Å². The maximum atomic E-state index is 8.88. The molecule has 0 saturated carbocycles. The molecular formula is C21H25N2O6PS. The van der Waals surface area contributed by atoms with Crippen molar-refractivity contribution < 1.29 is 28.7 Å². The van der Waals surface area contributed by atoms with Crippen molar-refractivity contribution in [2.24, 2.45) is 0 Å². The lowest BCUT2D eigenvalue weighted by atomic mass is 10.0. The van der Waals surface area contributed by atoms with E-state index in [9.17, 15) is 0 Å². The van der Waals surface area contributed by atoms with Gasteiger partial charge in [-0.05, 0) is 35.4 Å². The topological polar surface area (TPSA) is 114 Å². The third kappa shape index (κ3) is 6.85. The Balaban J connectivity index is 0.000000491. The average molecular weight is 464 g/mol. The molecule has 31 heavy (non-hydrogen) atoms. The van der Waals surface area contributed by atoms with Crippen LogP contribution in [0, 0.1) is 0 Å². The Kier molecular flexibility index (Phi) is 7.80. The van der Waals surface area contributed by atoms with Crippen LogP contribution in [-0.2, 0) is 24.0 Å². The number of nitrogens with zero attached hydrogens (tertiary/aromatic N) is 2. The number of hydrogen-bond donors (Lipinski definition) is 3. The Morgan fingerprint density at radius 3 is 1.90 bits per heavy atom. The molecule has 0 aliphatic carbocycles. The first-order chi connectivity index (χ1) is 14.8. The zero-order valence-electron chi connectivity index (χ0n) is 17.3. The van der Waals surface area contributed by atoms with Gasteiger partial charge in [-0.3, -0.25) is 0 Å². The van der Waals surface area contributed by atoms with Crippen molar-refractivity contribution in [2.45, 2.75) is 24.5 Å². The summed E-state index contributed by atoms with van der Waals surface area (Å²) in [6, 6.07) is 16.6. The Hall–Kier alpha value is -2.29. The largest absolute Gasteiger partial charge is 0.497 e. The highest BCUT2D eigenvalue weighted by molar-refractivity contribution is 7.99. The average Bonchev–Trinajstić information content (AvgIpc) is 3.30. The van der Waals surface area contributed by atoms with Crippen LogP contribution in [0.25, 0.3) is 0 Å². The molecule has 0 atom stereocenters. The van der Waals surface area contributed by atoms with Gasteiger partial charge in [0, 0.05) is 30.8 Å². The molecule has 2 aromatic carbocycles. The summed E-state index contributed by atoms with van der Waals surface area (Å²) in [7, 11) is -1.25. The molecule has 1 aliphatic heterocycles. The van der Waals surface area contributed by atoms with Gasteiger partial charge < -0.3 is 28.7 Å². The number of imidazole rings is 1. The van der Waals surface area contributed by atoms with E-state index in [-0.39, 0.29) is 0 Å². The molecule has 1 aromatic heterocycles. The molecular weight excluding hydrogens is 439 g/mol. The van der Waals surface area contributed by atoms with Crippen LogP contribution < -0.4 is 9.47 Å². The number of benzene rings is 2. The maximum Gasteiger partial charge on any atom is 0.466 e. The minimum Gasteiger partial charge on any atom is -0.497 e. The van der Waals surface area contributed by atoms with Gasteiger partial charge in [0.15, 0.2) is 5.16 Å². The third-order valence-corrected chi connectivity index (χ3v) is 5.68. The second kappa shape index (κ2) is 10.3. The SMILES string of the molecule is COc1ccc(Cc2nc3n(c2Cc2ccc(OC)cc2)CCS3)cc1.O=P(O)(O)O. The molecule has 3 aromatic rings. The Morgan fingerprint density at radius 2 is 1.42 bits per heavy atom. The number of phosphoric acid groups is 1. The lowest BCUT2D eigenvalue weighted by Gasteiger charge is -2.09. The quantitative estimate of drug-likeness (QED) is 0.477. The number of ether oxygens (including phenoxy) is 2. The van der Waals surface area contributed by atoms with Crippen molar-refractivity contribution in [3.8, 4) is 11.5 Å². The predicted octanol–water partition coefficient (Wildman–Crippen LogP) is 3.26. The summed E-state index contributed by atoms with van der Waals surface area (Å²) >= 11 is 1.85. The van der Waals surface area contributed by atoms with Crippen LogP contribution in [0.15, 0.2) is 53.7 Å². The van der Waals surface area contributed by atoms with Crippen molar-refractivity contribution in [1.82, 2.24) is 9.55 Å². The van der Waals surface area contributed by atoms with Crippen molar-refractivity contribution in [2.75, 3.05) is 20.0 Å². The summed E-state index contributed by atoms with van der Waals surface area (Å²) in [4.78, 5) is 26.5. The minimum atomic E-state index is -4.64. The first kappa shape index (κ1) is 23.4. The van der Waals surface area contributed by atoms with Gasteiger partial charge in [0.1, 0.15) is 11.5 Å². The number of thioether (sulfide) groups is 1. The Morgan fingerprint density at radius 1 is 0.935 bits per heavy atom. The van der Waals surface area contributed by atoms with Crippen molar-refractivity contribution >= 4 is 19.6 Å². The van der Waals surface area contributed by atoms with Crippen molar-refractivity contribution in [3.63, 3.8) is 0 Å². The van der Waals surface area contributed by atoms with Crippen LogP contribution >= 0.6 is 19.6 Å². The summed E-state index contributed by atoms with van der Waals surface area (Å²) in [5.74, 6) is 2.89.